The maximum absolute atomic E-state index is 10.8. The van der Waals surface area contributed by atoms with E-state index in [4.69, 9.17) is 0 Å². The molecule has 128 valence electrons. The minimum absolute atomic E-state index is 0.229. The van der Waals surface area contributed by atoms with E-state index in [9.17, 15) is 4.79 Å². The number of nitrogens with zero attached hydrogens (tertiary/aromatic N) is 1. The molecular weight excluding hydrogens is 258 g/mol. The highest BCUT2D eigenvalue weighted by Gasteiger charge is 2.16. The Hall–Kier alpha value is -0.530. The van der Waals surface area contributed by atoms with E-state index in [1.807, 2.05) is 32.6 Å². The largest absolute Gasteiger partial charge is 0.343 e. The third-order valence-electron chi connectivity index (χ3n) is 4.12. The van der Waals surface area contributed by atoms with Gasteiger partial charge in [-0.15, -0.1) is 0 Å². The lowest BCUT2D eigenvalue weighted by atomic mass is 9.91. The maximum atomic E-state index is 10.8. The van der Waals surface area contributed by atoms with Crippen LogP contribution < -0.4 is 0 Å². The highest BCUT2D eigenvalue weighted by molar-refractivity contribution is 5.73. The van der Waals surface area contributed by atoms with E-state index < -0.39 is 0 Å². The van der Waals surface area contributed by atoms with Crippen LogP contribution in [0.2, 0.25) is 0 Å². The van der Waals surface area contributed by atoms with Crippen molar-refractivity contribution in [2.75, 3.05) is 13.1 Å². The first kappa shape index (κ1) is 22.7. The fourth-order valence-electron chi connectivity index (χ4n) is 2.63. The number of hydrogen-bond donors (Lipinski definition) is 0. The van der Waals surface area contributed by atoms with Crippen molar-refractivity contribution in [3.8, 4) is 0 Å². The second-order valence-corrected chi connectivity index (χ2v) is 5.93. The molecule has 0 spiro atoms. The zero-order valence-electron chi connectivity index (χ0n) is 15.9. The van der Waals surface area contributed by atoms with E-state index in [2.05, 4.69) is 13.8 Å². The Bertz CT molecular complexity index is 214. The molecular formula is C19H41NO. The molecule has 0 bridgehead atoms. The van der Waals surface area contributed by atoms with E-state index in [1.165, 1.54) is 44.9 Å². The van der Waals surface area contributed by atoms with Gasteiger partial charge in [0.15, 0.2) is 0 Å². The van der Waals surface area contributed by atoms with E-state index in [1.54, 1.807) is 6.92 Å². The normalized spacial score (nSPS) is 19.1. The van der Waals surface area contributed by atoms with Gasteiger partial charge in [-0.3, -0.25) is 4.79 Å². The first-order chi connectivity index (χ1) is 10.1. The fourth-order valence-corrected chi connectivity index (χ4v) is 2.63. The predicted molar refractivity (Wildman–Crippen MR) is 95.6 cm³/mol. The zero-order chi connectivity index (χ0) is 16.7. The van der Waals surface area contributed by atoms with Crippen molar-refractivity contribution in [2.45, 2.75) is 93.4 Å². The van der Waals surface area contributed by atoms with Gasteiger partial charge in [0, 0.05) is 20.0 Å². The van der Waals surface area contributed by atoms with Gasteiger partial charge in [-0.1, -0.05) is 73.6 Å². The molecule has 2 heteroatoms. The van der Waals surface area contributed by atoms with Gasteiger partial charge in [0.25, 0.3) is 0 Å². The molecule has 0 unspecified atom stereocenters. The SMILES string of the molecule is CC.CC.CC(=O)N1CCC(C)CC1.CC1CCCCC1. The Morgan fingerprint density at radius 1 is 0.762 bits per heavy atom. The molecule has 1 amide bonds. The van der Waals surface area contributed by atoms with Crippen molar-refractivity contribution in [1.82, 2.24) is 4.90 Å². The number of hydrogen-bond acceptors (Lipinski definition) is 1. The molecule has 1 aliphatic carbocycles. The van der Waals surface area contributed by atoms with E-state index in [-0.39, 0.29) is 5.91 Å². The third-order valence-corrected chi connectivity index (χ3v) is 4.12. The quantitative estimate of drug-likeness (QED) is 0.545. The number of amides is 1. The summed E-state index contributed by atoms with van der Waals surface area (Å²) in [5.74, 6) is 2.08. The molecule has 0 atom stereocenters. The Labute approximate surface area is 134 Å². The topological polar surface area (TPSA) is 20.3 Å². The molecule has 1 heterocycles. The van der Waals surface area contributed by atoms with Crippen LogP contribution >= 0.6 is 0 Å². The van der Waals surface area contributed by atoms with Crippen LogP contribution in [0.3, 0.4) is 0 Å². The first-order valence-electron chi connectivity index (χ1n) is 9.35. The summed E-state index contributed by atoms with van der Waals surface area (Å²) in [6.45, 7) is 16.2. The summed E-state index contributed by atoms with van der Waals surface area (Å²) >= 11 is 0. The number of likely N-dealkylation sites (tertiary alicyclic amines) is 1. The van der Waals surface area contributed by atoms with Gasteiger partial charge < -0.3 is 4.90 Å². The molecule has 2 aliphatic rings. The maximum Gasteiger partial charge on any atom is 0.219 e. The van der Waals surface area contributed by atoms with Gasteiger partial charge in [-0.25, -0.2) is 0 Å². The average Bonchev–Trinajstić information content (AvgIpc) is 2.53. The molecule has 2 fully saturated rings. The lowest BCUT2D eigenvalue weighted by Crippen LogP contribution is -2.36. The van der Waals surface area contributed by atoms with Gasteiger partial charge in [0.1, 0.15) is 0 Å². The molecule has 0 N–H and O–H groups in total. The molecule has 0 aromatic carbocycles. The van der Waals surface area contributed by atoms with Crippen molar-refractivity contribution < 1.29 is 4.79 Å². The van der Waals surface area contributed by atoms with Gasteiger partial charge in [0.2, 0.25) is 5.91 Å². The summed E-state index contributed by atoms with van der Waals surface area (Å²) in [5, 5.41) is 0. The second-order valence-electron chi connectivity index (χ2n) is 5.93. The Morgan fingerprint density at radius 2 is 1.14 bits per heavy atom. The van der Waals surface area contributed by atoms with Gasteiger partial charge in [-0.05, 0) is 24.7 Å². The van der Waals surface area contributed by atoms with Gasteiger partial charge in [-0.2, -0.15) is 0 Å². The van der Waals surface area contributed by atoms with Crippen LogP contribution in [0.4, 0.5) is 0 Å². The summed E-state index contributed by atoms with van der Waals surface area (Å²) in [6.07, 6.45) is 9.80. The van der Waals surface area contributed by atoms with E-state index >= 15 is 0 Å². The van der Waals surface area contributed by atoms with Crippen molar-refractivity contribution in [3.63, 3.8) is 0 Å². The van der Waals surface area contributed by atoms with Crippen molar-refractivity contribution in [3.05, 3.63) is 0 Å². The molecule has 1 saturated heterocycles. The van der Waals surface area contributed by atoms with Crippen LogP contribution in [0.25, 0.3) is 0 Å². The summed E-state index contributed by atoms with van der Waals surface area (Å²) in [4.78, 5) is 12.8. The monoisotopic (exact) mass is 299 g/mol. The van der Waals surface area contributed by atoms with Crippen LogP contribution in [0, 0.1) is 11.8 Å². The Morgan fingerprint density at radius 3 is 1.43 bits per heavy atom. The van der Waals surface area contributed by atoms with Crippen molar-refractivity contribution >= 4 is 5.91 Å². The number of carbonyl (C=O) groups excluding carboxylic acids is 1. The molecule has 2 nitrogen and oxygen atoms in total. The van der Waals surface area contributed by atoms with Crippen LogP contribution in [0.5, 0.6) is 0 Å². The van der Waals surface area contributed by atoms with E-state index in [0.717, 1.165) is 24.9 Å². The smallest absolute Gasteiger partial charge is 0.219 e. The molecule has 0 radical (unpaired) electrons. The lowest BCUT2D eigenvalue weighted by molar-refractivity contribution is -0.130. The standard InChI is InChI=1S/C8H15NO.C7H14.2C2H6/c1-7-3-5-9(6-4-7)8(2)10;1-7-5-3-2-4-6-7;2*1-2/h7H,3-6H2,1-2H3;7H,2-6H2,1H3;2*1-2H3. The fraction of sp³-hybridized carbons (Fsp3) is 0.947. The molecule has 0 aromatic rings. The number of piperidine rings is 1. The molecule has 2 rings (SSSR count). The Balaban J connectivity index is 0. The van der Waals surface area contributed by atoms with Crippen LogP contribution in [0.15, 0.2) is 0 Å². The van der Waals surface area contributed by atoms with Crippen LogP contribution in [-0.4, -0.2) is 23.9 Å². The predicted octanol–water partition coefficient (Wildman–Crippen LogP) is 5.90. The van der Waals surface area contributed by atoms with E-state index in [0.29, 0.717) is 0 Å². The molecule has 1 saturated carbocycles. The second kappa shape index (κ2) is 15.9. The highest BCUT2D eigenvalue weighted by Crippen LogP contribution is 2.22. The van der Waals surface area contributed by atoms with Crippen LogP contribution in [0.1, 0.15) is 93.4 Å². The third kappa shape index (κ3) is 12.9. The van der Waals surface area contributed by atoms with Crippen molar-refractivity contribution in [2.24, 2.45) is 11.8 Å². The lowest BCUT2D eigenvalue weighted by Gasteiger charge is -2.29. The number of rotatable bonds is 0. The minimum atomic E-state index is 0.229. The summed E-state index contributed by atoms with van der Waals surface area (Å²) in [7, 11) is 0. The highest BCUT2D eigenvalue weighted by atomic mass is 16.2. The average molecular weight is 300 g/mol. The molecule has 21 heavy (non-hydrogen) atoms. The number of carbonyl (C=O) groups is 1. The van der Waals surface area contributed by atoms with Crippen molar-refractivity contribution in [1.29, 1.82) is 0 Å². The summed E-state index contributed by atoms with van der Waals surface area (Å²) in [6, 6.07) is 0. The minimum Gasteiger partial charge on any atom is -0.343 e. The molecule has 0 aromatic heterocycles. The van der Waals surface area contributed by atoms with Gasteiger partial charge >= 0.3 is 0 Å². The first-order valence-corrected chi connectivity index (χ1v) is 9.35. The summed E-state index contributed by atoms with van der Waals surface area (Å²) in [5.41, 5.74) is 0. The molecule has 1 aliphatic heterocycles. The van der Waals surface area contributed by atoms with Gasteiger partial charge in [0.05, 0.1) is 0 Å². The van der Waals surface area contributed by atoms with Crippen LogP contribution in [-0.2, 0) is 4.79 Å². The zero-order valence-corrected chi connectivity index (χ0v) is 15.9. The summed E-state index contributed by atoms with van der Waals surface area (Å²) < 4.78 is 0. The Kier molecular flexibility index (Phi) is 17.2.